The Bertz CT molecular complexity index is 1020. The molecule has 0 aliphatic heterocycles. The van der Waals surface area contributed by atoms with Crippen molar-refractivity contribution in [2.24, 2.45) is 0 Å². The summed E-state index contributed by atoms with van der Waals surface area (Å²) < 4.78 is 0. The summed E-state index contributed by atoms with van der Waals surface area (Å²) in [5.41, 5.74) is 0. The number of allylic oxidation sites excluding steroid dienone is 5. The Balaban J connectivity index is 3.50. The van der Waals surface area contributed by atoms with Crippen molar-refractivity contribution >= 4 is 5.91 Å². The van der Waals surface area contributed by atoms with Crippen molar-refractivity contribution in [3.05, 3.63) is 36.5 Å². The minimum absolute atomic E-state index is 0.0153. The quantitative estimate of drug-likeness (QED) is 0.0361. The van der Waals surface area contributed by atoms with Crippen LogP contribution in [0.15, 0.2) is 36.5 Å². The van der Waals surface area contributed by atoms with Gasteiger partial charge in [0.1, 0.15) is 0 Å². The standard InChI is InChI=1S/C61H117NO4/c1-3-5-7-9-11-13-15-17-19-21-22-23-24-25-26-27-28-29-30-31-32-33-34-35-36-37-38-39-40-42-44-46-48-50-52-54-58(64)56-61(66)62-59(57-63)60(65)55-53-51-49-47-45-43-41-20-18-16-14-12-10-8-6-4-2/h26-27,29-30,53,55,58-60,63-65H,3-25,28,31-52,54,56-57H2,1-2H3,(H,62,66)/b27-26-,30-29-,55-53+. The lowest BCUT2D eigenvalue weighted by atomic mass is 10.0. The number of carbonyl (C=O) groups is 1. The van der Waals surface area contributed by atoms with Gasteiger partial charge in [-0.25, -0.2) is 0 Å². The Morgan fingerprint density at radius 3 is 1.00 bits per heavy atom. The summed E-state index contributed by atoms with van der Waals surface area (Å²) in [5.74, 6) is -0.312. The van der Waals surface area contributed by atoms with E-state index in [1.807, 2.05) is 6.08 Å². The summed E-state index contributed by atoms with van der Waals surface area (Å²) in [6.07, 6.45) is 73.5. The monoisotopic (exact) mass is 928 g/mol. The topological polar surface area (TPSA) is 89.8 Å². The van der Waals surface area contributed by atoms with Gasteiger partial charge < -0.3 is 20.6 Å². The van der Waals surface area contributed by atoms with E-state index < -0.39 is 18.2 Å². The molecule has 0 bridgehead atoms. The lowest BCUT2D eigenvalue weighted by Gasteiger charge is -2.21. The Labute approximate surface area is 413 Å². The van der Waals surface area contributed by atoms with Crippen molar-refractivity contribution < 1.29 is 20.1 Å². The molecule has 5 heteroatoms. The molecule has 3 unspecified atom stereocenters. The summed E-state index contributed by atoms with van der Waals surface area (Å²) in [5, 5.41) is 33.4. The van der Waals surface area contributed by atoms with E-state index in [-0.39, 0.29) is 18.9 Å². The summed E-state index contributed by atoms with van der Waals surface area (Å²) in [6.45, 7) is 4.24. The molecule has 0 rings (SSSR count). The van der Waals surface area contributed by atoms with Gasteiger partial charge in [-0.2, -0.15) is 0 Å². The first-order chi connectivity index (χ1) is 32.5. The maximum Gasteiger partial charge on any atom is 0.222 e. The minimum atomic E-state index is -0.928. The second-order valence-corrected chi connectivity index (χ2v) is 20.6. The van der Waals surface area contributed by atoms with Crippen LogP contribution < -0.4 is 5.32 Å². The number of aliphatic hydroxyl groups is 3. The predicted molar refractivity (Wildman–Crippen MR) is 291 cm³/mol. The van der Waals surface area contributed by atoms with Gasteiger partial charge in [-0.05, 0) is 51.4 Å². The molecule has 66 heavy (non-hydrogen) atoms. The van der Waals surface area contributed by atoms with E-state index in [0.717, 1.165) is 32.1 Å². The molecule has 0 aliphatic rings. The van der Waals surface area contributed by atoms with Crippen LogP contribution in [0.1, 0.15) is 322 Å². The molecule has 0 spiro atoms. The molecule has 0 aromatic carbocycles. The first kappa shape index (κ1) is 64.6. The lowest BCUT2D eigenvalue weighted by Crippen LogP contribution is -2.45. The largest absolute Gasteiger partial charge is 0.394 e. The average molecular weight is 929 g/mol. The molecule has 390 valence electrons. The van der Waals surface area contributed by atoms with E-state index in [2.05, 4.69) is 43.5 Å². The molecule has 0 aliphatic carbocycles. The van der Waals surface area contributed by atoms with Crippen molar-refractivity contribution in [1.82, 2.24) is 5.32 Å². The summed E-state index contributed by atoms with van der Waals surface area (Å²) >= 11 is 0. The van der Waals surface area contributed by atoms with Gasteiger partial charge in [0.15, 0.2) is 0 Å². The Morgan fingerprint density at radius 2 is 0.682 bits per heavy atom. The first-order valence-electron chi connectivity index (χ1n) is 29.8. The molecule has 0 saturated heterocycles. The summed E-state index contributed by atoms with van der Waals surface area (Å²) in [6, 6.07) is -0.744. The third-order valence-corrected chi connectivity index (χ3v) is 13.9. The van der Waals surface area contributed by atoms with Gasteiger partial charge in [0, 0.05) is 0 Å². The summed E-state index contributed by atoms with van der Waals surface area (Å²) in [4.78, 5) is 12.5. The van der Waals surface area contributed by atoms with Crippen LogP contribution in [0.5, 0.6) is 0 Å². The Morgan fingerprint density at radius 1 is 0.394 bits per heavy atom. The molecule has 0 saturated carbocycles. The molecule has 0 aromatic heterocycles. The van der Waals surface area contributed by atoms with Crippen molar-refractivity contribution in [3.8, 4) is 0 Å². The highest BCUT2D eigenvalue weighted by molar-refractivity contribution is 5.76. The smallest absolute Gasteiger partial charge is 0.222 e. The average Bonchev–Trinajstić information content (AvgIpc) is 3.31. The van der Waals surface area contributed by atoms with Crippen LogP contribution in [0.25, 0.3) is 0 Å². The highest BCUT2D eigenvalue weighted by Gasteiger charge is 2.20. The van der Waals surface area contributed by atoms with Crippen LogP contribution in [0.4, 0.5) is 0 Å². The van der Waals surface area contributed by atoms with Gasteiger partial charge in [-0.15, -0.1) is 0 Å². The Kier molecular flexibility index (Phi) is 54.9. The van der Waals surface area contributed by atoms with E-state index >= 15 is 0 Å². The second kappa shape index (κ2) is 56.2. The van der Waals surface area contributed by atoms with Crippen LogP contribution in [0.2, 0.25) is 0 Å². The van der Waals surface area contributed by atoms with Gasteiger partial charge in [-0.1, -0.05) is 301 Å². The van der Waals surface area contributed by atoms with Crippen LogP contribution in [-0.4, -0.2) is 46.1 Å². The highest BCUT2D eigenvalue weighted by Crippen LogP contribution is 2.17. The third kappa shape index (κ3) is 52.0. The van der Waals surface area contributed by atoms with E-state index in [9.17, 15) is 20.1 Å². The fourth-order valence-electron chi connectivity index (χ4n) is 9.37. The van der Waals surface area contributed by atoms with Gasteiger partial charge in [0.2, 0.25) is 5.91 Å². The van der Waals surface area contributed by atoms with Crippen LogP contribution in [0, 0.1) is 0 Å². The normalized spacial score (nSPS) is 13.5. The number of hydrogen-bond donors (Lipinski definition) is 4. The predicted octanol–water partition coefficient (Wildman–Crippen LogP) is 18.6. The van der Waals surface area contributed by atoms with E-state index in [1.54, 1.807) is 6.08 Å². The first-order valence-corrected chi connectivity index (χ1v) is 29.8. The molecule has 5 nitrogen and oxygen atoms in total. The van der Waals surface area contributed by atoms with Crippen LogP contribution in [-0.2, 0) is 4.79 Å². The van der Waals surface area contributed by atoms with E-state index in [1.165, 1.54) is 263 Å². The van der Waals surface area contributed by atoms with Crippen molar-refractivity contribution in [1.29, 1.82) is 0 Å². The molecular weight excluding hydrogens is 811 g/mol. The highest BCUT2D eigenvalue weighted by atomic mass is 16.3. The second-order valence-electron chi connectivity index (χ2n) is 20.6. The molecule has 4 N–H and O–H groups in total. The number of hydrogen-bond acceptors (Lipinski definition) is 4. The lowest BCUT2D eigenvalue weighted by molar-refractivity contribution is -0.124. The number of carbonyl (C=O) groups excluding carboxylic acids is 1. The fraction of sp³-hybridized carbons (Fsp3) is 0.885. The Hall–Kier alpha value is -1.43. The van der Waals surface area contributed by atoms with E-state index in [0.29, 0.717) is 6.42 Å². The van der Waals surface area contributed by atoms with Crippen LogP contribution >= 0.6 is 0 Å². The molecule has 0 heterocycles. The number of aliphatic hydroxyl groups excluding tert-OH is 3. The molecule has 3 atom stereocenters. The maximum atomic E-state index is 12.5. The van der Waals surface area contributed by atoms with E-state index in [4.69, 9.17) is 0 Å². The van der Waals surface area contributed by atoms with Crippen molar-refractivity contribution in [3.63, 3.8) is 0 Å². The van der Waals surface area contributed by atoms with Gasteiger partial charge in [0.05, 0.1) is 31.3 Å². The van der Waals surface area contributed by atoms with Gasteiger partial charge >= 0.3 is 0 Å². The van der Waals surface area contributed by atoms with Crippen LogP contribution in [0.3, 0.4) is 0 Å². The van der Waals surface area contributed by atoms with Gasteiger partial charge in [-0.3, -0.25) is 4.79 Å². The molecule has 1 amide bonds. The number of rotatable bonds is 55. The molecule has 0 fully saturated rings. The van der Waals surface area contributed by atoms with Crippen molar-refractivity contribution in [2.75, 3.05) is 6.61 Å². The number of amides is 1. The summed E-state index contributed by atoms with van der Waals surface area (Å²) in [7, 11) is 0. The molecule has 0 aromatic rings. The SMILES string of the molecule is CCCCCCCCCCCCCCC/C=C\C/C=C\CCCCCCCCCCCCCCCCCC(O)CC(=O)NC(CO)C(O)/C=C/CCCCCCCCCCCCCCCC. The van der Waals surface area contributed by atoms with Crippen molar-refractivity contribution in [2.45, 2.75) is 340 Å². The fourth-order valence-corrected chi connectivity index (χ4v) is 9.37. The maximum absolute atomic E-state index is 12.5. The minimum Gasteiger partial charge on any atom is -0.394 e. The zero-order valence-electron chi connectivity index (χ0n) is 44.6. The zero-order valence-corrected chi connectivity index (χ0v) is 44.6. The zero-order chi connectivity index (χ0) is 47.9. The van der Waals surface area contributed by atoms with Gasteiger partial charge in [0.25, 0.3) is 0 Å². The number of nitrogens with one attached hydrogen (secondary N) is 1. The molecular formula is C61H117NO4. The third-order valence-electron chi connectivity index (χ3n) is 13.9. The number of unbranched alkanes of at least 4 members (excludes halogenated alkanes) is 42. The molecule has 0 radical (unpaired) electrons.